The first-order valence-electron chi connectivity index (χ1n) is 6.63. The van der Waals surface area contributed by atoms with E-state index in [0.717, 1.165) is 12.8 Å². The maximum absolute atomic E-state index is 11.7. The minimum atomic E-state index is -0.590. The highest BCUT2D eigenvalue weighted by molar-refractivity contribution is 6.02. The van der Waals surface area contributed by atoms with E-state index in [-0.39, 0.29) is 18.3 Å². The molecule has 2 rings (SSSR count). The van der Waals surface area contributed by atoms with Crippen LogP contribution in [0, 0.1) is 0 Å². The molecule has 2 aromatic heterocycles. The number of imide groups is 1. The van der Waals surface area contributed by atoms with E-state index in [4.69, 9.17) is 10.2 Å². The van der Waals surface area contributed by atoms with Crippen molar-refractivity contribution in [1.82, 2.24) is 20.3 Å². The van der Waals surface area contributed by atoms with Crippen molar-refractivity contribution >= 4 is 11.8 Å². The fourth-order valence-corrected chi connectivity index (χ4v) is 1.80. The van der Waals surface area contributed by atoms with Crippen LogP contribution in [0.25, 0.3) is 0 Å². The maximum Gasteiger partial charge on any atom is 0.293 e. The van der Waals surface area contributed by atoms with Crippen LogP contribution in [-0.4, -0.2) is 26.8 Å². The number of amides is 2. The number of rotatable bonds is 6. The number of nitrogens with two attached hydrogens (primary N) is 1. The van der Waals surface area contributed by atoms with Crippen molar-refractivity contribution in [3.8, 4) is 0 Å². The summed E-state index contributed by atoms with van der Waals surface area (Å²) in [6, 6.07) is 2.84. The smallest absolute Gasteiger partial charge is 0.293 e. The first-order chi connectivity index (χ1) is 10.1. The molecule has 1 unspecified atom stereocenters. The van der Waals surface area contributed by atoms with Crippen LogP contribution < -0.4 is 11.1 Å². The summed E-state index contributed by atoms with van der Waals surface area (Å²) in [4.78, 5) is 23.3. The lowest BCUT2D eigenvalue weighted by atomic mass is 10.1. The van der Waals surface area contributed by atoms with E-state index in [1.807, 2.05) is 6.92 Å². The van der Waals surface area contributed by atoms with Gasteiger partial charge in [-0.05, 0) is 18.6 Å². The van der Waals surface area contributed by atoms with E-state index in [1.54, 1.807) is 12.3 Å². The Balaban J connectivity index is 1.89. The second-order valence-electron chi connectivity index (χ2n) is 4.59. The molecule has 8 heteroatoms. The Morgan fingerprint density at radius 3 is 3.00 bits per heavy atom. The normalized spacial score (nSPS) is 12.1. The minimum absolute atomic E-state index is 0.0765. The van der Waals surface area contributed by atoms with E-state index >= 15 is 0 Å². The van der Waals surface area contributed by atoms with E-state index in [1.165, 1.54) is 17.0 Å². The predicted molar refractivity (Wildman–Crippen MR) is 73.0 cm³/mol. The van der Waals surface area contributed by atoms with Crippen LogP contribution in [0.4, 0.5) is 0 Å². The van der Waals surface area contributed by atoms with Crippen LogP contribution in [0.3, 0.4) is 0 Å². The van der Waals surface area contributed by atoms with E-state index in [9.17, 15) is 9.59 Å². The molecule has 112 valence electrons. The first kappa shape index (κ1) is 14.9. The standard InChI is InChI=1S/C13H17N5O3/c1-2-4-9(14)10-7-18(17-16-10)8-12(19)15-13(20)11-5-3-6-21-11/h3,5-7,9H,2,4,8,14H2,1H3,(H,15,19,20). The molecule has 8 nitrogen and oxygen atoms in total. The largest absolute Gasteiger partial charge is 0.459 e. The lowest BCUT2D eigenvalue weighted by Gasteiger charge is -2.04. The van der Waals surface area contributed by atoms with Gasteiger partial charge in [-0.15, -0.1) is 5.10 Å². The van der Waals surface area contributed by atoms with Crippen molar-refractivity contribution in [2.75, 3.05) is 0 Å². The van der Waals surface area contributed by atoms with Gasteiger partial charge in [0.2, 0.25) is 5.91 Å². The summed E-state index contributed by atoms with van der Waals surface area (Å²) in [6.07, 6.45) is 4.70. The summed E-state index contributed by atoms with van der Waals surface area (Å²) < 4.78 is 6.24. The summed E-state index contributed by atoms with van der Waals surface area (Å²) >= 11 is 0. The summed E-state index contributed by atoms with van der Waals surface area (Å²) in [5.41, 5.74) is 6.54. The first-order valence-corrected chi connectivity index (χ1v) is 6.63. The average Bonchev–Trinajstić information content (AvgIpc) is 3.09. The molecule has 3 N–H and O–H groups in total. The number of nitrogens with one attached hydrogen (secondary N) is 1. The molecular formula is C13H17N5O3. The quantitative estimate of drug-likeness (QED) is 0.806. The molecule has 0 saturated carbocycles. The van der Waals surface area contributed by atoms with E-state index in [0.29, 0.717) is 5.69 Å². The van der Waals surface area contributed by atoms with Crippen molar-refractivity contribution in [1.29, 1.82) is 0 Å². The number of carbonyl (C=O) groups excluding carboxylic acids is 2. The highest BCUT2D eigenvalue weighted by atomic mass is 16.3. The van der Waals surface area contributed by atoms with Crippen molar-refractivity contribution in [2.24, 2.45) is 5.73 Å². The van der Waals surface area contributed by atoms with E-state index in [2.05, 4.69) is 15.6 Å². The highest BCUT2D eigenvalue weighted by Crippen LogP contribution is 2.11. The Labute approximate surface area is 121 Å². The molecule has 21 heavy (non-hydrogen) atoms. The Hall–Kier alpha value is -2.48. The zero-order valence-electron chi connectivity index (χ0n) is 11.7. The molecule has 2 amide bonds. The summed E-state index contributed by atoms with van der Waals surface area (Å²) in [6.45, 7) is 1.91. The maximum atomic E-state index is 11.7. The van der Waals surface area contributed by atoms with Crippen LogP contribution in [0.1, 0.15) is 42.1 Å². The van der Waals surface area contributed by atoms with Gasteiger partial charge < -0.3 is 10.2 Å². The third-order valence-corrected chi connectivity index (χ3v) is 2.84. The molecule has 0 aromatic carbocycles. The van der Waals surface area contributed by atoms with Gasteiger partial charge >= 0.3 is 0 Å². The number of nitrogens with zero attached hydrogens (tertiary/aromatic N) is 3. The van der Waals surface area contributed by atoms with Crippen molar-refractivity contribution in [2.45, 2.75) is 32.4 Å². The second-order valence-corrected chi connectivity index (χ2v) is 4.59. The molecule has 0 radical (unpaired) electrons. The third kappa shape index (κ3) is 3.99. The molecule has 0 aliphatic carbocycles. The van der Waals surface area contributed by atoms with Gasteiger partial charge in [0.25, 0.3) is 5.91 Å². The molecule has 0 aliphatic heterocycles. The topological polar surface area (TPSA) is 116 Å². The summed E-state index contributed by atoms with van der Waals surface area (Å²) in [5.74, 6) is -1.02. The molecule has 1 atom stereocenters. The number of aromatic nitrogens is 3. The zero-order valence-corrected chi connectivity index (χ0v) is 11.7. The number of carbonyl (C=O) groups is 2. The molecule has 2 aromatic rings. The van der Waals surface area contributed by atoms with Gasteiger partial charge in [-0.1, -0.05) is 18.6 Å². The van der Waals surface area contributed by atoms with Gasteiger partial charge in [0.1, 0.15) is 6.54 Å². The van der Waals surface area contributed by atoms with Crippen molar-refractivity contribution in [3.05, 3.63) is 36.0 Å². The van der Waals surface area contributed by atoms with Crippen LogP contribution in [0.5, 0.6) is 0 Å². The average molecular weight is 291 g/mol. The summed E-state index contributed by atoms with van der Waals surface area (Å²) in [7, 11) is 0. The molecule has 2 heterocycles. The molecule has 0 fully saturated rings. The van der Waals surface area contributed by atoms with Crippen molar-refractivity contribution in [3.63, 3.8) is 0 Å². The van der Waals surface area contributed by atoms with E-state index < -0.39 is 11.8 Å². The minimum Gasteiger partial charge on any atom is -0.459 e. The summed E-state index contributed by atoms with van der Waals surface area (Å²) in [5, 5.41) is 9.94. The Morgan fingerprint density at radius 2 is 2.33 bits per heavy atom. The molecule has 0 saturated heterocycles. The molecule has 0 aliphatic rings. The number of hydrogen-bond donors (Lipinski definition) is 2. The monoisotopic (exact) mass is 291 g/mol. The fourth-order valence-electron chi connectivity index (χ4n) is 1.80. The Morgan fingerprint density at radius 1 is 1.52 bits per heavy atom. The van der Waals surface area contributed by atoms with Crippen LogP contribution in [-0.2, 0) is 11.3 Å². The van der Waals surface area contributed by atoms with Crippen LogP contribution in [0.15, 0.2) is 29.0 Å². The van der Waals surface area contributed by atoms with Gasteiger partial charge in [0.15, 0.2) is 5.76 Å². The molecule has 0 bridgehead atoms. The number of hydrogen-bond acceptors (Lipinski definition) is 6. The Bertz CT molecular complexity index is 605. The second kappa shape index (κ2) is 6.80. The Kier molecular flexibility index (Phi) is 4.83. The molecule has 0 spiro atoms. The van der Waals surface area contributed by atoms with Gasteiger partial charge in [-0.2, -0.15) is 0 Å². The fraction of sp³-hybridized carbons (Fsp3) is 0.385. The lowest BCUT2D eigenvalue weighted by molar-refractivity contribution is -0.120. The predicted octanol–water partition coefficient (Wildman–Crippen LogP) is 0.628. The van der Waals surface area contributed by atoms with Crippen LogP contribution >= 0.6 is 0 Å². The molecular weight excluding hydrogens is 274 g/mol. The number of furan rings is 1. The van der Waals surface area contributed by atoms with Gasteiger partial charge in [0.05, 0.1) is 24.2 Å². The SMILES string of the molecule is CCCC(N)c1cn(CC(=O)NC(=O)c2ccco2)nn1. The lowest BCUT2D eigenvalue weighted by Crippen LogP contribution is -2.33. The van der Waals surface area contributed by atoms with Crippen LogP contribution in [0.2, 0.25) is 0 Å². The zero-order chi connectivity index (χ0) is 15.2. The third-order valence-electron chi connectivity index (χ3n) is 2.84. The van der Waals surface area contributed by atoms with Gasteiger partial charge in [-0.25, -0.2) is 4.68 Å². The highest BCUT2D eigenvalue weighted by Gasteiger charge is 2.15. The van der Waals surface area contributed by atoms with Gasteiger partial charge in [0, 0.05) is 0 Å². The van der Waals surface area contributed by atoms with Gasteiger partial charge in [-0.3, -0.25) is 14.9 Å². The van der Waals surface area contributed by atoms with Crippen molar-refractivity contribution < 1.29 is 14.0 Å².